The Hall–Kier alpha value is -2.92. The van der Waals surface area contributed by atoms with E-state index in [1.807, 2.05) is 24.3 Å². The molecule has 0 saturated carbocycles. The zero-order chi connectivity index (χ0) is 19.3. The summed E-state index contributed by atoms with van der Waals surface area (Å²) >= 11 is 1.60. The van der Waals surface area contributed by atoms with Gasteiger partial charge in [-0.05, 0) is 47.9 Å². The first kappa shape index (κ1) is 18.4. The van der Waals surface area contributed by atoms with Gasteiger partial charge in [-0.2, -0.15) is 0 Å². The molecule has 4 aromatic rings. The van der Waals surface area contributed by atoms with Gasteiger partial charge >= 0.3 is 0 Å². The second-order valence-corrected chi connectivity index (χ2v) is 7.59. The molecule has 3 aromatic carbocycles. The van der Waals surface area contributed by atoms with Gasteiger partial charge in [0.15, 0.2) is 5.16 Å². The van der Waals surface area contributed by atoms with E-state index in [-0.39, 0.29) is 5.82 Å². The van der Waals surface area contributed by atoms with E-state index in [9.17, 15) is 4.39 Å². The summed E-state index contributed by atoms with van der Waals surface area (Å²) in [7, 11) is 0. The van der Waals surface area contributed by atoms with Crippen LogP contribution in [0.1, 0.15) is 22.5 Å². The van der Waals surface area contributed by atoms with Crippen LogP contribution in [0.5, 0.6) is 0 Å². The summed E-state index contributed by atoms with van der Waals surface area (Å²) in [6, 6.07) is 25.2. The molecule has 1 heterocycles. The molecule has 140 valence electrons. The third-order valence-electron chi connectivity index (χ3n) is 4.45. The van der Waals surface area contributed by atoms with Gasteiger partial charge < -0.3 is 0 Å². The second-order valence-electron chi connectivity index (χ2n) is 6.65. The van der Waals surface area contributed by atoms with E-state index in [1.54, 1.807) is 23.9 Å². The van der Waals surface area contributed by atoms with Gasteiger partial charge in [0.25, 0.3) is 0 Å². The van der Waals surface area contributed by atoms with Crippen LogP contribution in [0.4, 0.5) is 4.39 Å². The van der Waals surface area contributed by atoms with E-state index in [0.717, 1.165) is 22.2 Å². The van der Waals surface area contributed by atoms with Gasteiger partial charge in [0.05, 0.1) is 0 Å². The minimum absolute atomic E-state index is 0.221. The number of hydrogen-bond acceptors (Lipinski definition) is 3. The second kappa shape index (κ2) is 8.40. The van der Waals surface area contributed by atoms with Crippen LogP contribution in [0.15, 0.2) is 84.0 Å². The molecule has 0 fully saturated rings. The summed E-state index contributed by atoms with van der Waals surface area (Å²) in [4.78, 5) is 0. The molecule has 0 atom stereocenters. The topological polar surface area (TPSA) is 30.7 Å². The maximum Gasteiger partial charge on any atom is 0.196 e. The van der Waals surface area contributed by atoms with Crippen molar-refractivity contribution in [1.82, 2.24) is 14.8 Å². The number of hydrogen-bond donors (Lipinski definition) is 0. The van der Waals surface area contributed by atoms with Crippen molar-refractivity contribution in [3.8, 4) is 5.69 Å². The zero-order valence-corrected chi connectivity index (χ0v) is 16.4. The summed E-state index contributed by atoms with van der Waals surface area (Å²) in [5, 5.41) is 9.76. The Balaban J connectivity index is 1.66. The first-order valence-corrected chi connectivity index (χ1v) is 10.1. The molecule has 5 heteroatoms. The lowest BCUT2D eigenvalue weighted by atomic mass is 10.1. The maximum absolute atomic E-state index is 13.2. The van der Waals surface area contributed by atoms with Gasteiger partial charge in [-0.1, -0.05) is 66.4 Å². The Morgan fingerprint density at radius 3 is 2.39 bits per heavy atom. The van der Waals surface area contributed by atoms with Crippen molar-refractivity contribution in [3.63, 3.8) is 0 Å². The number of aryl methyl sites for hydroxylation is 1. The first-order chi connectivity index (χ1) is 13.7. The van der Waals surface area contributed by atoms with Crippen molar-refractivity contribution in [3.05, 3.63) is 107 Å². The Labute approximate surface area is 168 Å². The highest BCUT2D eigenvalue weighted by Crippen LogP contribution is 2.26. The van der Waals surface area contributed by atoms with E-state index >= 15 is 0 Å². The molecule has 3 nitrogen and oxygen atoms in total. The lowest BCUT2D eigenvalue weighted by Crippen LogP contribution is -2.04. The molecule has 0 bridgehead atoms. The van der Waals surface area contributed by atoms with Gasteiger partial charge in [0, 0.05) is 17.9 Å². The van der Waals surface area contributed by atoms with Gasteiger partial charge in [-0.25, -0.2) is 4.39 Å². The van der Waals surface area contributed by atoms with E-state index in [1.165, 1.54) is 23.3 Å². The third kappa shape index (κ3) is 4.31. The van der Waals surface area contributed by atoms with E-state index < -0.39 is 0 Å². The van der Waals surface area contributed by atoms with Crippen molar-refractivity contribution >= 4 is 11.8 Å². The van der Waals surface area contributed by atoms with Gasteiger partial charge in [0.1, 0.15) is 11.6 Å². The van der Waals surface area contributed by atoms with Crippen molar-refractivity contribution < 1.29 is 4.39 Å². The minimum atomic E-state index is -0.221. The quantitative estimate of drug-likeness (QED) is 0.402. The molecule has 0 saturated heterocycles. The van der Waals surface area contributed by atoms with Crippen molar-refractivity contribution in [2.24, 2.45) is 0 Å². The summed E-state index contributed by atoms with van der Waals surface area (Å²) in [5.41, 5.74) is 4.48. The van der Waals surface area contributed by atoms with Crippen LogP contribution in [0.2, 0.25) is 0 Å². The molecule has 0 unspecified atom stereocenters. The minimum Gasteiger partial charge on any atom is -0.274 e. The molecular weight excluding hydrogens is 369 g/mol. The average Bonchev–Trinajstić information content (AvgIpc) is 3.11. The van der Waals surface area contributed by atoms with Crippen LogP contribution >= 0.6 is 11.8 Å². The maximum atomic E-state index is 13.2. The Morgan fingerprint density at radius 1 is 0.857 bits per heavy atom. The van der Waals surface area contributed by atoms with Crippen LogP contribution in [0.3, 0.4) is 0 Å². The highest BCUT2D eigenvalue weighted by molar-refractivity contribution is 7.98. The van der Waals surface area contributed by atoms with Crippen LogP contribution in [0, 0.1) is 12.7 Å². The monoisotopic (exact) mass is 389 g/mol. The summed E-state index contributed by atoms with van der Waals surface area (Å²) < 4.78 is 15.3. The third-order valence-corrected chi connectivity index (χ3v) is 5.45. The molecule has 0 aliphatic rings. The predicted molar refractivity (Wildman–Crippen MR) is 111 cm³/mol. The summed E-state index contributed by atoms with van der Waals surface area (Å²) in [5.74, 6) is 1.38. The van der Waals surface area contributed by atoms with E-state index in [4.69, 9.17) is 0 Å². The lowest BCUT2D eigenvalue weighted by molar-refractivity contribution is 0.627. The molecule has 0 amide bonds. The fourth-order valence-corrected chi connectivity index (χ4v) is 3.97. The molecule has 28 heavy (non-hydrogen) atoms. The van der Waals surface area contributed by atoms with Crippen molar-refractivity contribution in [2.75, 3.05) is 0 Å². The largest absolute Gasteiger partial charge is 0.274 e. The summed E-state index contributed by atoms with van der Waals surface area (Å²) in [6.07, 6.45) is 0.707. The van der Waals surface area contributed by atoms with Crippen LogP contribution in [0.25, 0.3) is 5.69 Å². The zero-order valence-electron chi connectivity index (χ0n) is 15.5. The van der Waals surface area contributed by atoms with Crippen LogP contribution < -0.4 is 0 Å². The smallest absolute Gasteiger partial charge is 0.196 e. The van der Waals surface area contributed by atoms with Crippen LogP contribution in [-0.4, -0.2) is 14.8 Å². The number of nitrogens with zero attached hydrogens (tertiary/aromatic N) is 3. The highest BCUT2D eigenvalue weighted by atomic mass is 32.2. The molecule has 0 spiro atoms. The lowest BCUT2D eigenvalue weighted by Gasteiger charge is -2.11. The van der Waals surface area contributed by atoms with Crippen LogP contribution in [-0.2, 0) is 12.2 Å². The van der Waals surface area contributed by atoms with Gasteiger partial charge in [-0.3, -0.25) is 4.57 Å². The number of halogens is 1. The average molecular weight is 389 g/mol. The standard InChI is InChI=1S/C23H20FN3S/c1-17-6-5-9-21(14-17)27-22(15-18-7-3-2-4-8-18)25-26-23(27)28-16-19-10-12-20(24)13-11-19/h2-14H,15-16H2,1H3. The number of aromatic nitrogens is 3. The fraction of sp³-hybridized carbons (Fsp3) is 0.130. The molecule has 4 rings (SSSR count). The summed E-state index contributed by atoms with van der Waals surface area (Å²) in [6.45, 7) is 2.08. The fourth-order valence-electron chi connectivity index (χ4n) is 3.04. The SMILES string of the molecule is Cc1cccc(-n2c(Cc3ccccc3)nnc2SCc2ccc(F)cc2)c1. The molecular formula is C23H20FN3S. The van der Waals surface area contributed by atoms with Gasteiger partial charge in [0.2, 0.25) is 0 Å². The predicted octanol–water partition coefficient (Wildman–Crippen LogP) is 5.60. The van der Waals surface area contributed by atoms with Gasteiger partial charge in [-0.15, -0.1) is 10.2 Å². The van der Waals surface area contributed by atoms with E-state index in [2.05, 4.69) is 52.0 Å². The Bertz CT molecular complexity index is 1060. The number of rotatable bonds is 6. The highest BCUT2D eigenvalue weighted by Gasteiger charge is 2.15. The number of benzene rings is 3. The first-order valence-electron chi connectivity index (χ1n) is 9.11. The van der Waals surface area contributed by atoms with Crippen molar-refractivity contribution in [1.29, 1.82) is 0 Å². The molecule has 0 aliphatic heterocycles. The molecule has 0 radical (unpaired) electrons. The normalized spacial score (nSPS) is 10.9. The Morgan fingerprint density at radius 2 is 1.64 bits per heavy atom. The molecule has 0 N–H and O–H groups in total. The molecule has 0 aliphatic carbocycles. The Kier molecular flexibility index (Phi) is 5.53. The van der Waals surface area contributed by atoms with E-state index in [0.29, 0.717) is 12.2 Å². The number of thioether (sulfide) groups is 1. The molecule has 1 aromatic heterocycles. The van der Waals surface area contributed by atoms with Crippen molar-refractivity contribution in [2.45, 2.75) is 24.3 Å².